The molecule has 0 saturated carbocycles. The van der Waals surface area contributed by atoms with Crippen LogP contribution in [-0.4, -0.2) is 49.6 Å². The molecule has 1 fully saturated rings. The molecule has 2 aromatic rings. The lowest BCUT2D eigenvalue weighted by atomic mass is 10.1. The van der Waals surface area contributed by atoms with E-state index in [1.807, 2.05) is 10.2 Å². The second kappa shape index (κ2) is 10.2. The molecule has 168 valence electrons. The molecule has 0 aliphatic carbocycles. The van der Waals surface area contributed by atoms with Crippen molar-refractivity contribution in [1.82, 2.24) is 5.32 Å². The van der Waals surface area contributed by atoms with Crippen LogP contribution in [0.15, 0.2) is 42.5 Å². The zero-order valence-electron chi connectivity index (χ0n) is 17.3. The lowest BCUT2D eigenvalue weighted by molar-refractivity contribution is -0.384. The third-order valence-electron chi connectivity index (χ3n) is 4.79. The minimum atomic E-state index is -0.910. The summed E-state index contributed by atoms with van der Waals surface area (Å²) in [5, 5.41) is 15.9. The number of methoxy groups -OCH3 is 1. The largest absolute Gasteiger partial charge is 0.497 e. The van der Waals surface area contributed by atoms with Crippen LogP contribution in [0.3, 0.4) is 0 Å². The van der Waals surface area contributed by atoms with Gasteiger partial charge in [0.25, 0.3) is 11.6 Å². The van der Waals surface area contributed by atoms with E-state index in [2.05, 4.69) is 5.32 Å². The molecule has 3 rings (SSSR count). The smallest absolute Gasteiger partial charge is 0.338 e. The summed E-state index contributed by atoms with van der Waals surface area (Å²) in [6.07, 6.45) is 1.89. The number of amides is 3. The number of anilines is 2. The maximum atomic E-state index is 12.2. The Labute approximate surface area is 183 Å². The number of carbonyl (C=O) groups excluding carboxylic acids is 3. The van der Waals surface area contributed by atoms with Crippen LogP contribution in [0.5, 0.6) is 5.75 Å². The summed E-state index contributed by atoms with van der Waals surface area (Å²) < 4.78 is 9.90. The first-order valence-corrected chi connectivity index (χ1v) is 9.83. The van der Waals surface area contributed by atoms with Crippen molar-refractivity contribution >= 4 is 35.0 Å². The first kappa shape index (κ1) is 22.5. The van der Waals surface area contributed by atoms with E-state index in [-0.39, 0.29) is 11.3 Å². The predicted molar refractivity (Wildman–Crippen MR) is 115 cm³/mol. The molecule has 11 heteroatoms. The summed E-state index contributed by atoms with van der Waals surface area (Å²) in [5.74, 6) is -1.16. The molecule has 0 unspecified atom stereocenters. The van der Waals surface area contributed by atoms with Crippen molar-refractivity contribution in [3.05, 3.63) is 58.1 Å². The van der Waals surface area contributed by atoms with Crippen molar-refractivity contribution in [3.63, 3.8) is 0 Å². The van der Waals surface area contributed by atoms with Crippen molar-refractivity contribution in [3.8, 4) is 5.75 Å². The van der Waals surface area contributed by atoms with Gasteiger partial charge in [-0.1, -0.05) is 0 Å². The summed E-state index contributed by atoms with van der Waals surface area (Å²) in [7, 11) is 1.51. The van der Waals surface area contributed by atoms with Gasteiger partial charge < -0.3 is 19.7 Å². The Balaban J connectivity index is 1.53. The fraction of sp³-hybridized carbons (Fsp3) is 0.286. The maximum Gasteiger partial charge on any atom is 0.338 e. The van der Waals surface area contributed by atoms with Crippen molar-refractivity contribution < 1.29 is 28.8 Å². The highest BCUT2D eigenvalue weighted by Crippen LogP contribution is 2.31. The number of rotatable bonds is 7. The summed E-state index contributed by atoms with van der Waals surface area (Å²) >= 11 is 0. The van der Waals surface area contributed by atoms with Gasteiger partial charge in [-0.25, -0.2) is 9.59 Å². The number of urea groups is 1. The second-order valence-corrected chi connectivity index (χ2v) is 6.96. The van der Waals surface area contributed by atoms with Crippen LogP contribution >= 0.6 is 0 Å². The monoisotopic (exact) mass is 442 g/mol. The summed E-state index contributed by atoms with van der Waals surface area (Å²) in [6.45, 7) is 0.698. The average molecular weight is 442 g/mol. The topological polar surface area (TPSA) is 140 Å². The standard InChI is InChI=1S/C21H22N4O7/c1-31-16-7-5-15(6-8-16)22-21(28)23-19(26)13-32-20(27)14-4-9-17(18(12-14)25(29)30)24-10-2-3-11-24/h4-9,12H,2-3,10-11,13H2,1H3,(H2,22,23,26,28). The molecule has 0 aromatic heterocycles. The first-order chi connectivity index (χ1) is 15.4. The van der Waals surface area contributed by atoms with Gasteiger partial charge >= 0.3 is 12.0 Å². The quantitative estimate of drug-likeness (QED) is 0.379. The van der Waals surface area contributed by atoms with E-state index in [0.29, 0.717) is 30.2 Å². The van der Waals surface area contributed by atoms with Gasteiger partial charge in [-0.3, -0.25) is 20.2 Å². The Morgan fingerprint density at radius 3 is 2.41 bits per heavy atom. The second-order valence-electron chi connectivity index (χ2n) is 6.96. The van der Waals surface area contributed by atoms with E-state index in [0.717, 1.165) is 18.9 Å². The Morgan fingerprint density at radius 2 is 1.78 bits per heavy atom. The fourth-order valence-electron chi connectivity index (χ4n) is 3.24. The SMILES string of the molecule is COc1ccc(NC(=O)NC(=O)COC(=O)c2ccc(N3CCCC3)c([N+](=O)[O-])c2)cc1. The van der Waals surface area contributed by atoms with Gasteiger partial charge in [0.1, 0.15) is 11.4 Å². The highest BCUT2D eigenvalue weighted by Gasteiger charge is 2.24. The van der Waals surface area contributed by atoms with Crippen molar-refractivity contribution in [2.75, 3.05) is 37.0 Å². The molecule has 1 saturated heterocycles. The summed E-state index contributed by atoms with van der Waals surface area (Å²) in [5.41, 5.74) is 0.607. The van der Waals surface area contributed by atoms with Crippen molar-refractivity contribution in [1.29, 1.82) is 0 Å². The van der Waals surface area contributed by atoms with E-state index < -0.39 is 29.4 Å². The summed E-state index contributed by atoms with van der Waals surface area (Å²) in [4.78, 5) is 48.8. The third-order valence-corrected chi connectivity index (χ3v) is 4.79. The molecule has 0 bridgehead atoms. The average Bonchev–Trinajstić information content (AvgIpc) is 3.32. The number of ether oxygens (including phenoxy) is 2. The molecule has 2 N–H and O–H groups in total. The Hall–Kier alpha value is -4.15. The zero-order valence-corrected chi connectivity index (χ0v) is 17.3. The lowest BCUT2D eigenvalue weighted by Crippen LogP contribution is -2.37. The van der Waals surface area contributed by atoms with Crippen LogP contribution in [-0.2, 0) is 9.53 Å². The minimum Gasteiger partial charge on any atom is -0.497 e. The number of imide groups is 1. The third kappa shape index (κ3) is 5.72. The van der Waals surface area contributed by atoms with Crippen LogP contribution in [0.2, 0.25) is 0 Å². The number of hydrogen-bond donors (Lipinski definition) is 2. The van der Waals surface area contributed by atoms with Gasteiger partial charge in [-0.05, 0) is 49.2 Å². The highest BCUT2D eigenvalue weighted by molar-refractivity contribution is 6.02. The molecule has 3 amide bonds. The van der Waals surface area contributed by atoms with Gasteiger partial charge in [0.2, 0.25) is 0 Å². The van der Waals surface area contributed by atoms with Crippen LogP contribution < -0.4 is 20.3 Å². The molecule has 0 spiro atoms. The molecule has 11 nitrogen and oxygen atoms in total. The normalized spacial score (nSPS) is 12.7. The van der Waals surface area contributed by atoms with E-state index in [9.17, 15) is 24.5 Å². The van der Waals surface area contributed by atoms with Gasteiger partial charge in [0, 0.05) is 24.8 Å². The number of nitrogens with one attached hydrogen (secondary N) is 2. The molecule has 32 heavy (non-hydrogen) atoms. The Kier molecular flexibility index (Phi) is 7.21. The Morgan fingerprint density at radius 1 is 1.09 bits per heavy atom. The Bertz CT molecular complexity index is 1020. The van der Waals surface area contributed by atoms with Crippen molar-refractivity contribution in [2.24, 2.45) is 0 Å². The number of hydrogen-bond acceptors (Lipinski definition) is 8. The van der Waals surface area contributed by atoms with Crippen LogP contribution in [0.25, 0.3) is 0 Å². The maximum absolute atomic E-state index is 12.2. The number of nitro benzene ring substituents is 1. The van der Waals surface area contributed by atoms with Crippen LogP contribution in [0, 0.1) is 10.1 Å². The number of nitro groups is 1. The molecule has 0 radical (unpaired) electrons. The zero-order chi connectivity index (χ0) is 23.1. The minimum absolute atomic E-state index is 0.0601. The van der Waals surface area contributed by atoms with E-state index in [1.165, 1.54) is 19.2 Å². The number of benzene rings is 2. The lowest BCUT2D eigenvalue weighted by Gasteiger charge is -2.17. The van der Waals surface area contributed by atoms with Gasteiger partial charge in [-0.15, -0.1) is 0 Å². The van der Waals surface area contributed by atoms with Gasteiger partial charge in [0.15, 0.2) is 6.61 Å². The molecular weight excluding hydrogens is 420 g/mol. The van der Waals surface area contributed by atoms with E-state index >= 15 is 0 Å². The summed E-state index contributed by atoms with van der Waals surface area (Å²) in [6, 6.07) is 9.68. The number of carbonyl (C=O) groups is 3. The van der Waals surface area contributed by atoms with Gasteiger partial charge in [0.05, 0.1) is 17.6 Å². The van der Waals surface area contributed by atoms with E-state index in [1.54, 1.807) is 24.3 Å². The molecule has 0 atom stereocenters. The molecule has 1 aliphatic rings. The van der Waals surface area contributed by atoms with Crippen molar-refractivity contribution in [2.45, 2.75) is 12.8 Å². The molecular formula is C21H22N4O7. The van der Waals surface area contributed by atoms with Crippen LogP contribution in [0.4, 0.5) is 21.9 Å². The molecule has 2 aromatic carbocycles. The molecule has 1 aliphatic heterocycles. The van der Waals surface area contributed by atoms with E-state index in [4.69, 9.17) is 9.47 Å². The predicted octanol–water partition coefficient (Wildman–Crippen LogP) is 2.71. The fourth-order valence-corrected chi connectivity index (χ4v) is 3.24. The molecule has 1 heterocycles. The first-order valence-electron chi connectivity index (χ1n) is 9.83. The highest BCUT2D eigenvalue weighted by atomic mass is 16.6. The van der Waals surface area contributed by atoms with Crippen LogP contribution in [0.1, 0.15) is 23.2 Å². The van der Waals surface area contributed by atoms with Gasteiger partial charge in [-0.2, -0.15) is 0 Å². The number of esters is 1. The number of nitrogens with zero attached hydrogens (tertiary/aromatic N) is 2.